The van der Waals surface area contributed by atoms with E-state index in [-0.39, 0.29) is 17.7 Å². The lowest BCUT2D eigenvalue weighted by molar-refractivity contribution is -0.204. The average molecular weight is 394 g/mol. The Balaban J connectivity index is 2.26. The van der Waals surface area contributed by atoms with Gasteiger partial charge in [-0.05, 0) is 40.0 Å². The van der Waals surface area contributed by atoms with E-state index in [1.165, 1.54) is 6.07 Å². The van der Waals surface area contributed by atoms with Crippen molar-refractivity contribution >= 4 is 16.7 Å². The minimum absolute atomic E-state index is 0.0113. The molecule has 0 aromatic heterocycles. The van der Waals surface area contributed by atoms with Gasteiger partial charge in [-0.25, -0.2) is 0 Å². The van der Waals surface area contributed by atoms with Crippen molar-refractivity contribution < 1.29 is 22.7 Å². The van der Waals surface area contributed by atoms with E-state index in [9.17, 15) is 18.0 Å². The molecule has 3 rings (SSSR count). The van der Waals surface area contributed by atoms with E-state index >= 15 is 0 Å². The predicted molar refractivity (Wildman–Crippen MR) is 102 cm³/mol. The van der Waals surface area contributed by atoms with Crippen LogP contribution in [0.2, 0.25) is 0 Å². The molecule has 0 saturated carbocycles. The topological polar surface area (TPSA) is 41.6 Å². The van der Waals surface area contributed by atoms with Crippen LogP contribution in [0.4, 0.5) is 13.2 Å². The molecule has 2 aromatic rings. The van der Waals surface area contributed by atoms with Gasteiger partial charge in [0.1, 0.15) is 11.4 Å². The molecule has 1 aliphatic rings. The second kappa shape index (κ2) is 6.65. The van der Waals surface area contributed by atoms with Crippen LogP contribution in [-0.4, -0.2) is 28.2 Å². The van der Waals surface area contributed by atoms with Crippen LogP contribution in [0.5, 0.6) is 5.75 Å². The molecule has 1 unspecified atom stereocenters. The molecule has 0 spiro atoms. The Morgan fingerprint density at radius 1 is 1.11 bits per heavy atom. The Labute approximate surface area is 162 Å². The van der Waals surface area contributed by atoms with Gasteiger partial charge in [0.05, 0.1) is 0 Å². The van der Waals surface area contributed by atoms with Crippen molar-refractivity contribution in [3.05, 3.63) is 42.0 Å². The van der Waals surface area contributed by atoms with Crippen LogP contribution in [0.15, 0.2) is 36.4 Å². The van der Waals surface area contributed by atoms with E-state index < -0.39 is 29.3 Å². The number of nitrogens with zero attached hydrogens (tertiary/aromatic N) is 1. The number of hydrogen-bond donors (Lipinski definition) is 1. The summed E-state index contributed by atoms with van der Waals surface area (Å²) in [5, 5.41) is 2.40. The first kappa shape index (κ1) is 20.5. The Hall–Kier alpha value is -2.28. The number of nitrogens with one attached hydrogen (secondary N) is 1. The van der Waals surface area contributed by atoms with Crippen LogP contribution in [0.3, 0.4) is 0 Å². The summed E-state index contributed by atoms with van der Waals surface area (Å²) in [6, 6.07) is 8.25. The Morgan fingerprint density at radius 2 is 1.75 bits per heavy atom. The minimum Gasteiger partial charge on any atom is -0.487 e. The highest BCUT2D eigenvalue weighted by Gasteiger charge is 2.54. The smallest absolute Gasteiger partial charge is 0.410 e. The highest BCUT2D eigenvalue weighted by molar-refractivity contribution is 5.90. The molecule has 1 aliphatic heterocycles. The predicted octanol–water partition coefficient (Wildman–Crippen LogP) is 5.14. The molecule has 1 saturated heterocycles. The number of halogens is 3. The fourth-order valence-corrected chi connectivity index (χ4v) is 3.57. The number of benzene rings is 2. The zero-order valence-electron chi connectivity index (χ0n) is 16.6. The number of rotatable bonds is 3. The summed E-state index contributed by atoms with van der Waals surface area (Å²) in [5.74, 6) is -0.247. The van der Waals surface area contributed by atoms with Gasteiger partial charge in [-0.3, -0.25) is 10.2 Å². The zero-order chi connectivity index (χ0) is 20.9. The fourth-order valence-electron chi connectivity index (χ4n) is 3.57. The summed E-state index contributed by atoms with van der Waals surface area (Å²) >= 11 is 0. The highest BCUT2D eigenvalue weighted by Crippen LogP contribution is 2.47. The van der Waals surface area contributed by atoms with Crippen molar-refractivity contribution in [1.82, 2.24) is 10.4 Å². The maximum atomic E-state index is 14.3. The molecule has 1 fully saturated rings. The third kappa shape index (κ3) is 3.94. The summed E-state index contributed by atoms with van der Waals surface area (Å²) in [6.45, 7) is 8.62. The standard InChI is InChI=1S/C21H25F3N2O2/c1-19(2,3)28-17-14-9-7-6-8-13(14)10-11-15(17)18(21(22,23)24)26-20(4,5)12-16(27)25-26/h6-11,18H,12H2,1-5H3,(H,25,27). The monoisotopic (exact) mass is 394 g/mol. The number of amides is 1. The van der Waals surface area contributed by atoms with Crippen molar-refractivity contribution in [2.24, 2.45) is 0 Å². The van der Waals surface area contributed by atoms with Crippen molar-refractivity contribution in [3.8, 4) is 5.75 Å². The summed E-state index contributed by atoms with van der Waals surface area (Å²) in [4.78, 5) is 11.9. The van der Waals surface area contributed by atoms with E-state index in [0.29, 0.717) is 5.39 Å². The van der Waals surface area contributed by atoms with Gasteiger partial charge in [0.15, 0.2) is 6.04 Å². The van der Waals surface area contributed by atoms with Crippen molar-refractivity contribution in [2.75, 3.05) is 0 Å². The zero-order valence-corrected chi connectivity index (χ0v) is 16.6. The molecule has 0 bridgehead atoms. The third-order valence-electron chi connectivity index (χ3n) is 4.67. The Kier molecular flexibility index (Phi) is 4.86. The van der Waals surface area contributed by atoms with Crippen LogP contribution >= 0.6 is 0 Å². The molecule has 4 nitrogen and oxygen atoms in total. The fraction of sp³-hybridized carbons (Fsp3) is 0.476. The Morgan fingerprint density at radius 3 is 2.29 bits per heavy atom. The molecule has 0 aliphatic carbocycles. The molecule has 0 radical (unpaired) electrons. The summed E-state index contributed by atoms with van der Waals surface area (Å²) in [6.07, 6.45) is -4.63. The van der Waals surface area contributed by atoms with E-state index in [0.717, 1.165) is 10.4 Å². The van der Waals surface area contributed by atoms with Crippen LogP contribution in [-0.2, 0) is 4.79 Å². The van der Waals surface area contributed by atoms with Gasteiger partial charge in [-0.2, -0.15) is 18.2 Å². The molecular formula is C21H25F3N2O2. The van der Waals surface area contributed by atoms with Crippen molar-refractivity contribution in [2.45, 2.75) is 64.4 Å². The van der Waals surface area contributed by atoms with E-state index in [2.05, 4.69) is 5.43 Å². The molecule has 1 N–H and O–H groups in total. The number of hydrazine groups is 1. The summed E-state index contributed by atoms with van der Waals surface area (Å²) in [7, 11) is 0. The van der Waals surface area contributed by atoms with E-state index in [1.54, 1.807) is 52.8 Å². The molecule has 2 aromatic carbocycles. The van der Waals surface area contributed by atoms with Crippen molar-refractivity contribution in [3.63, 3.8) is 0 Å². The minimum atomic E-state index is -4.62. The molecule has 1 amide bonds. The first-order valence-corrected chi connectivity index (χ1v) is 9.16. The van der Waals surface area contributed by atoms with Gasteiger partial charge in [0.25, 0.3) is 0 Å². The third-order valence-corrected chi connectivity index (χ3v) is 4.67. The lowest BCUT2D eigenvalue weighted by Crippen LogP contribution is -2.51. The molecule has 28 heavy (non-hydrogen) atoms. The lowest BCUT2D eigenvalue weighted by Gasteiger charge is -2.39. The van der Waals surface area contributed by atoms with Gasteiger partial charge in [-0.1, -0.05) is 36.4 Å². The first-order chi connectivity index (χ1) is 12.8. The Bertz CT molecular complexity index is 901. The number of carbonyl (C=O) groups is 1. The van der Waals surface area contributed by atoms with Crippen LogP contribution in [0, 0.1) is 0 Å². The average Bonchev–Trinajstić information content (AvgIpc) is 2.79. The number of carbonyl (C=O) groups excluding carboxylic acids is 1. The van der Waals surface area contributed by atoms with E-state index in [4.69, 9.17) is 4.74 Å². The number of hydrogen-bond acceptors (Lipinski definition) is 3. The van der Waals surface area contributed by atoms with Crippen LogP contribution < -0.4 is 10.2 Å². The molecular weight excluding hydrogens is 369 g/mol. The molecule has 7 heteroatoms. The van der Waals surface area contributed by atoms with Gasteiger partial charge >= 0.3 is 6.18 Å². The number of ether oxygens (including phenoxy) is 1. The summed E-state index contributed by atoms with van der Waals surface area (Å²) in [5.41, 5.74) is 0.695. The van der Waals surface area contributed by atoms with E-state index in [1.807, 2.05) is 12.1 Å². The van der Waals surface area contributed by atoms with Gasteiger partial charge in [-0.15, -0.1) is 0 Å². The maximum absolute atomic E-state index is 14.3. The molecule has 1 heterocycles. The molecule has 1 atom stereocenters. The molecule has 152 valence electrons. The highest BCUT2D eigenvalue weighted by atomic mass is 19.4. The number of alkyl halides is 3. The quantitative estimate of drug-likeness (QED) is 0.784. The lowest BCUT2D eigenvalue weighted by atomic mass is 9.94. The van der Waals surface area contributed by atoms with Gasteiger partial charge in [0.2, 0.25) is 5.91 Å². The van der Waals surface area contributed by atoms with Gasteiger partial charge in [0, 0.05) is 22.9 Å². The van der Waals surface area contributed by atoms with Crippen molar-refractivity contribution in [1.29, 1.82) is 0 Å². The largest absolute Gasteiger partial charge is 0.487 e. The first-order valence-electron chi connectivity index (χ1n) is 9.16. The second-order valence-corrected chi connectivity index (χ2v) is 8.76. The normalized spacial score (nSPS) is 18.9. The van der Waals surface area contributed by atoms with Crippen LogP contribution in [0.25, 0.3) is 10.8 Å². The van der Waals surface area contributed by atoms with Crippen LogP contribution in [0.1, 0.15) is 52.6 Å². The number of fused-ring (bicyclic) bond motifs is 1. The SMILES string of the molecule is CC(C)(C)Oc1c(C(N2NC(=O)CC2(C)C)C(F)(F)F)ccc2ccccc12. The maximum Gasteiger partial charge on any atom is 0.410 e. The second-order valence-electron chi connectivity index (χ2n) is 8.76. The summed E-state index contributed by atoms with van der Waals surface area (Å²) < 4.78 is 48.9. The van der Waals surface area contributed by atoms with Gasteiger partial charge < -0.3 is 4.74 Å².